The van der Waals surface area contributed by atoms with Crippen LogP contribution in [0.1, 0.15) is 17.3 Å². The minimum absolute atomic E-state index is 0.509. The van der Waals surface area contributed by atoms with Crippen LogP contribution in [-0.2, 0) is 0 Å². The van der Waals surface area contributed by atoms with E-state index < -0.39 is 11.1 Å². The zero-order chi connectivity index (χ0) is 9.14. The van der Waals surface area contributed by atoms with E-state index in [9.17, 15) is 10.1 Å². The van der Waals surface area contributed by atoms with Crippen LogP contribution in [0.25, 0.3) is 0 Å². The fourth-order valence-corrected chi connectivity index (χ4v) is 0.885. The SMILES string of the molecule is Cc1ccc(C(N)[N+](=O)[O-])cc1. The lowest BCUT2D eigenvalue weighted by Crippen LogP contribution is -2.19. The first kappa shape index (κ1) is 8.67. The minimum atomic E-state index is -1.11. The molecule has 0 amide bonds. The molecule has 2 N–H and O–H groups in total. The van der Waals surface area contributed by atoms with E-state index in [1.807, 2.05) is 6.92 Å². The molecule has 12 heavy (non-hydrogen) atoms. The van der Waals surface area contributed by atoms with E-state index in [1.54, 1.807) is 24.3 Å². The second-order valence-electron chi connectivity index (χ2n) is 2.64. The van der Waals surface area contributed by atoms with Crippen molar-refractivity contribution >= 4 is 0 Å². The van der Waals surface area contributed by atoms with Gasteiger partial charge in [0.25, 0.3) is 6.17 Å². The molecule has 1 rings (SSSR count). The van der Waals surface area contributed by atoms with Crippen LogP contribution in [0.15, 0.2) is 24.3 Å². The average Bonchev–Trinajstić information content (AvgIpc) is 2.04. The van der Waals surface area contributed by atoms with Crippen LogP contribution in [0.2, 0.25) is 0 Å². The topological polar surface area (TPSA) is 69.2 Å². The van der Waals surface area contributed by atoms with Crippen LogP contribution in [0, 0.1) is 17.0 Å². The maximum absolute atomic E-state index is 10.3. The summed E-state index contributed by atoms with van der Waals surface area (Å²) in [5.41, 5.74) is 6.89. The van der Waals surface area contributed by atoms with E-state index in [4.69, 9.17) is 5.73 Å². The zero-order valence-corrected chi connectivity index (χ0v) is 6.73. The Bertz CT molecular complexity index is 282. The highest BCUT2D eigenvalue weighted by molar-refractivity contribution is 5.22. The number of nitrogens with zero attached hydrogens (tertiary/aromatic N) is 1. The van der Waals surface area contributed by atoms with Crippen molar-refractivity contribution in [1.82, 2.24) is 0 Å². The predicted molar refractivity (Wildman–Crippen MR) is 45.1 cm³/mol. The molecule has 1 atom stereocenters. The molecule has 0 radical (unpaired) electrons. The number of hydrogen-bond acceptors (Lipinski definition) is 3. The van der Waals surface area contributed by atoms with Crippen LogP contribution in [0.4, 0.5) is 0 Å². The maximum atomic E-state index is 10.3. The normalized spacial score (nSPS) is 12.5. The molecule has 0 spiro atoms. The van der Waals surface area contributed by atoms with Gasteiger partial charge in [-0.15, -0.1) is 0 Å². The van der Waals surface area contributed by atoms with Crippen molar-refractivity contribution in [2.75, 3.05) is 0 Å². The molecular weight excluding hydrogens is 156 g/mol. The van der Waals surface area contributed by atoms with Gasteiger partial charge in [0.1, 0.15) is 0 Å². The summed E-state index contributed by atoms with van der Waals surface area (Å²) >= 11 is 0. The molecule has 1 unspecified atom stereocenters. The second-order valence-corrected chi connectivity index (χ2v) is 2.64. The van der Waals surface area contributed by atoms with E-state index in [-0.39, 0.29) is 0 Å². The van der Waals surface area contributed by atoms with Crippen molar-refractivity contribution in [1.29, 1.82) is 0 Å². The van der Waals surface area contributed by atoms with E-state index in [0.29, 0.717) is 5.56 Å². The molecule has 0 saturated carbocycles. The van der Waals surface area contributed by atoms with Gasteiger partial charge in [0.15, 0.2) is 0 Å². The number of benzene rings is 1. The first-order valence-corrected chi connectivity index (χ1v) is 3.57. The second kappa shape index (κ2) is 3.32. The molecule has 4 heteroatoms. The fraction of sp³-hybridized carbons (Fsp3) is 0.250. The summed E-state index contributed by atoms with van der Waals surface area (Å²) in [5.74, 6) is 0. The Balaban J connectivity index is 2.89. The Morgan fingerprint density at radius 2 is 1.92 bits per heavy atom. The molecule has 0 aliphatic carbocycles. The van der Waals surface area contributed by atoms with Crippen molar-refractivity contribution < 1.29 is 4.92 Å². The molecule has 0 bridgehead atoms. The molecule has 0 aliphatic rings. The third-order valence-corrected chi connectivity index (χ3v) is 1.65. The van der Waals surface area contributed by atoms with Crippen LogP contribution < -0.4 is 5.73 Å². The van der Waals surface area contributed by atoms with Crippen LogP contribution in [-0.4, -0.2) is 4.92 Å². The Morgan fingerprint density at radius 3 is 2.33 bits per heavy atom. The van der Waals surface area contributed by atoms with Crippen molar-refractivity contribution in [3.05, 3.63) is 45.5 Å². The van der Waals surface area contributed by atoms with E-state index in [0.717, 1.165) is 5.56 Å². The molecule has 0 aliphatic heterocycles. The van der Waals surface area contributed by atoms with Crippen LogP contribution in [0.5, 0.6) is 0 Å². The smallest absolute Gasteiger partial charge is 0.264 e. The molecule has 64 valence electrons. The highest BCUT2D eigenvalue weighted by Crippen LogP contribution is 2.10. The molecule has 0 fully saturated rings. The van der Waals surface area contributed by atoms with Gasteiger partial charge in [0.05, 0.1) is 0 Å². The summed E-state index contributed by atoms with van der Waals surface area (Å²) in [4.78, 5) is 9.76. The van der Waals surface area contributed by atoms with Gasteiger partial charge in [-0.05, 0) is 6.92 Å². The van der Waals surface area contributed by atoms with Gasteiger partial charge in [-0.1, -0.05) is 29.8 Å². The minimum Gasteiger partial charge on any atom is -0.264 e. The van der Waals surface area contributed by atoms with Crippen LogP contribution >= 0.6 is 0 Å². The van der Waals surface area contributed by atoms with Crippen molar-refractivity contribution in [3.63, 3.8) is 0 Å². The lowest BCUT2D eigenvalue weighted by Gasteiger charge is -2.02. The van der Waals surface area contributed by atoms with E-state index >= 15 is 0 Å². The van der Waals surface area contributed by atoms with Gasteiger partial charge in [0, 0.05) is 10.5 Å². The Kier molecular flexibility index (Phi) is 2.40. The van der Waals surface area contributed by atoms with Gasteiger partial charge in [-0.25, -0.2) is 0 Å². The summed E-state index contributed by atoms with van der Waals surface area (Å²) in [6.45, 7) is 1.92. The summed E-state index contributed by atoms with van der Waals surface area (Å²) in [6.07, 6.45) is -1.11. The van der Waals surface area contributed by atoms with Crippen molar-refractivity contribution in [2.45, 2.75) is 13.1 Å². The molecule has 0 heterocycles. The Labute approximate surface area is 70.2 Å². The lowest BCUT2D eigenvalue weighted by molar-refractivity contribution is -0.527. The summed E-state index contributed by atoms with van der Waals surface area (Å²) in [5, 5.41) is 10.3. The average molecular weight is 166 g/mol. The predicted octanol–water partition coefficient (Wildman–Crippen LogP) is 1.23. The maximum Gasteiger partial charge on any atom is 0.289 e. The van der Waals surface area contributed by atoms with Gasteiger partial charge < -0.3 is 0 Å². The monoisotopic (exact) mass is 166 g/mol. The molecular formula is C8H10N2O2. The quantitative estimate of drug-likeness (QED) is 0.408. The molecule has 4 nitrogen and oxygen atoms in total. The molecule has 0 aromatic heterocycles. The van der Waals surface area contributed by atoms with Gasteiger partial charge in [-0.3, -0.25) is 15.8 Å². The highest BCUT2D eigenvalue weighted by atomic mass is 16.6. The molecule has 0 saturated heterocycles. The van der Waals surface area contributed by atoms with E-state index in [2.05, 4.69) is 0 Å². The summed E-state index contributed by atoms with van der Waals surface area (Å²) < 4.78 is 0. The van der Waals surface area contributed by atoms with E-state index in [1.165, 1.54) is 0 Å². The highest BCUT2D eigenvalue weighted by Gasteiger charge is 2.14. The third-order valence-electron chi connectivity index (χ3n) is 1.65. The van der Waals surface area contributed by atoms with Crippen molar-refractivity contribution in [3.8, 4) is 0 Å². The standard InChI is InChI=1S/C8H10N2O2/c1-6-2-4-7(5-3-6)8(9)10(11)12/h2-5,8H,9H2,1H3. The number of nitrogens with two attached hydrogens (primary N) is 1. The first-order chi connectivity index (χ1) is 5.61. The Morgan fingerprint density at radius 1 is 1.42 bits per heavy atom. The van der Waals surface area contributed by atoms with Gasteiger partial charge in [0.2, 0.25) is 0 Å². The van der Waals surface area contributed by atoms with Gasteiger partial charge in [-0.2, -0.15) is 0 Å². The number of hydrogen-bond donors (Lipinski definition) is 1. The van der Waals surface area contributed by atoms with Gasteiger partial charge >= 0.3 is 0 Å². The molecule has 1 aromatic carbocycles. The number of aryl methyl sites for hydroxylation is 1. The zero-order valence-electron chi connectivity index (χ0n) is 6.73. The fourth-order valence-electron chi connectivity index (χ4n) is 0.885. The lowest BCUT2D eigenvalue weighted by atomic mass is 10.1. The largest absolute Gasteiger partial charge is 0.289 e. The summed E-state index contributed by atoms with van der Waals surface area (Å²) in [6, 6.07) is 6.95. The first-order valence-electron chi connectivity index (χ1n) is 3.57. The van der Waals surface area contributed by atoms with Crippen LogP contribution in [0.3, 0.4) is 0 Å². The number of rotatable bonds is 2. The number of nitro groups is 1. The third kappa shape index (κ3) is 1.79. The molecule has 1 aromatic rings. The van der Waals surface area contributed by atoms with Crippen molar-refractivity contribution in [2.24, 2.45) is 5.73 Å². The Hall–Kier alpha value is -1.42. The summed E-state index contributed by atoms with van der Waals surface area (Å²) in [7, 11) is 0.